The van der Waals surface area contributed by atoms with E-state index in [2.05, 4.69) is 136 Å². The summed E-state index contributed by atoms with van der Waals surface area (Å²) in [4.78, 5) is 48.6. The van der Waals surface area contributed by atoms with Gasteiger partial charge in [0.15, 0.2) is 6.10 Å². The zero-order chi connectivity index (χ0) is 56.9. The summed E-state index contributed by atoms with van der Waals surface area (Å²) in [5.74, 6) is -1.57. The first kappa shape index (κ1) is 73.9. The van der Waals surface area contributed by atoms with Crippen LogP contribution >= 0.6 is 7.82 Å². The molecule has 0 spiro atoms. The molecule has 0 heterocycles. The molecular weight excluding hydrogens is 1000 g/mol. The van der Waals surface area contributed by atoms with Crippen LogP contribution in [0, 0.1) is 0 Å². The van der Waals surface area contributed by atoms with Crippen molar-refractivity contribution in [3.63, 3.8) is 0 Å². The number of allylic oxidation sites excluding steroid dienone is 20. The SMILES string of the molecule is CC/C=C\C/C=C\C/C=C\C/C=C\C/C=C\CCCC(=O)OCC(COP(=O)(O)OCC(CO)OC(=O)CCCCCCC/C=C\C/C=C\CCCCC)OC(=O)CCCCCCCC/C=C\C/C=C\C/C=C\CCCCC. The highest BCUT2D eigenvalue weighted by molar-refractivity contribution is 7.47. The van der Waals surface area contributed by atoms with E-state index in [4.69, 9.17) is 23.3 Å². The summed E-state index contributed by atoms with van der Waals surface area (Å²) in [6, 6.07) is 0. The fourth-order valence-corrected chi connectivity index (χ4v) is 8.51. The maximum atomic E-state index is 12.9. The molecule has 78 heavy (non-hydrogen) atoms. The Morgan fingerprint density at radius 1 is 0.372 bits per heavy atom. The molecule has 11 nitrogen and oxygen atoms in total. The van der Waals surface area contributed by atoms with Crippen LogP contribution in [0.5, 0.6) is 0 Å². The van der Waals surface area contributed by atoms with E-state index in [1.807, 2.05) is 6.08 Å². The fourth-order valence-electron chi connectivity index (χ4n) is 7.72. The Bertz CT molecular complexity index is 1770. The molecule has 0 radical (unpaired) electrons. The Kier molecular flexibility index (Phi) is 55.9. The molecule has 2 N–H and O–H groups in total. The summed E-state index contributed by atoms with van der Waals surface area (Å²) in [5, 5.41) is 9.83. The van der Waals surface area contributed by atoms with Gasteiger partial charge in [-0.1, -0.05) is 213 Å². The standard InChI is InChI=1S/C66H109O11P/c1-4-7-10-13-16-19-22-25-28-30-31-33-36-39-42-45-48-51-54-57-66(70)77-63(59-73-64(68)55-52-49-46-43-40-37-35-32-29-26-23-20-17-14-11-8-5-2)61-75-78(71,72)74-60-62(58-67)76-65(69)56-53-50-47-44-41-38-34-27-24-21-18-15-12-9-6-3/h8,11,16-21,25-29,31,33-35,37,43,46,62-63,67H,4-7,9-10,12-15,22-24,30,32,36,38-42,44-45,47-61H2,1-3H3,(H,71,72)/b11-8-,19-16-,20-17-,21-18-,28-25-,29-26-,33-31-,34-27-,37-35-,46-43-. The summed E-state index contributed by atoms with van der Waals surface area (Å²) in [5.41, 5.74) is 0. The second kappa shape index (κ2) is 59.0. The molecule has 0 aliphatic carbocycles. The maximum absolute atomic E-state index is 12.9. The average molecular weight is 1110 g/mol. The first-order valence-electron chi connectivity index (χ1n) is 30.4. The van der Waals surface area contributed by atoms with Crippen molar-refractivity contribution in [2.24, 2.45) is 0 Å². The molecule has 0 aliphatic rings. The molecular formula is C66H109O11P. The van der Waals surface area contributed by atoms with Crippen molar-refractivity contribution >= 4 is 25.7 Å². The highest BCUT2D eigenvalue weighted by Crippen LogP contribution is 2.43. The van der Waals surface area contributed by atoms with Crippen molar-refractivity contribution < 1.29 is 52.2 Å². The Morgan fingerprint density at radius 2 is 0.679 bits per heavy atom. The van der Waals surface area contributed by atoms with Gasteiger partial charge in [-0.3, -0.25) is 23.4 Å². The highest BCUT2D eigenvalue weighted by atomic mass is 31.2. The van der Waals surface area contributed by atoms with Gasteiger partial charge in [-0.25, -0.2) is 4.57 Å². The van der Waals surface area contributed by atoms with Crippen LogP contribution in [-0.2, 0) is 42.2 Å². The molecule has 3 unspecified atom stereocenters. The number of rotatable bonds is 55. The highest BCUT2D eigenvalue weighted by Gasteiger charge is 2.28. The summed E-state index contributed by atoms with van der Waals surface area (Å²) < 4.78 is 39.5. The van der Waals surface area contributed by atoms with Gasteiger partial charge in [0.05, 0.1) is 19.8 Å². The maximum Gasteiger partial charge on any atom is 0.472 e. The monoisotopic (exact) mass is 1110 g/mol. The Balaban J connectivity index is 4.85. The lowest BCUT2D eigenvalue weighted by Crippen LogP contribution is -2.30. The zero-order valence-electron chi connectivity index (χ0n) is 49.1. The number of aliphatic hydroxyl groups excluding tert-OH is 1. The second-order valence-corrected chi connectivity index (χ2v) is 21.2. The van der Waals surface area contributed by atoms with E-state index in [-0.39, 0.29) is 25.9 Å². The van der Waals surface area contributed by atoms with Crippen LogP contribution in [0.25, 0.3) is 0 Å². The van der Waals surface area contributed by atoms with Crippen LogP contribution in [0.4, 0.5) is 0 Å². The predicted molar refractivity (Wildman–Crippen MR) is 325 cm³/mol. The van der Waals surface area contributed by atoms with Gasteiger partial charge in [0.25, 0.3) is 0 Å². The van der Waals surface area contributed by atoms with Crippen molar-refractivity contribution in [2.45, 2.75) is 251 Å². The molecule has 0 aliphatic heterocycles. The van der Waals surface area contributed by atoms with E-state index in [0.717, 1.165) is 128 Å². The van der Waals surface area contributed by atoms with Gasteiger partial charge >= 0.3 is 25.7 Å². The van der Waals surface area contributed by atoms with Crippen LogP contribution < -0.4 is 0 Å². The number of carbonyl (C=O) groups excluding carboxylic acids is 3. The molecule has 0 fully saturated rings. The van der Waals surface area contributed by atoms with E-state index < -0.39 is 57.8 Å². The molecule has 3 atom stereocenters. The zero-order valence-corrected chi connectivity index (χ0v) is 50.0. The molecule has 0 rings (SSSR count). The molecule has 0 amide bonds. The predicted octanol–water partition coefficient (Wildman–Crippen LogP) is 18.4. The van der Waals surface area contributed by atoms with Crippen LogP contribution in [0.15, 0.2) is 122 Å². The quantitative estimate of drug-likeness (QED) is 0.0197. The summed E-state index contributed by atoms with van der Waals surface area (Å²) >= 11 is 0. The molecule has 0 aromatic carbocycles. The lowest BCUT2D eigenvalue weighted by molar-refractivity contribution is -0.161. The van der Waals surface area contributed by atoms with Gasteiger partial charge in [-0.2, -0.15) is 0 Å². The lowest BCUT2D eigenvalue weighted by Gasteiger charge is -2.21. The summed E-state index contributed by atoms with van der Waals surface area (Å²) in [6.45, 7) is 4.38. The summed E-state index contributed by atoms with van der Waals surface area (Å²) in [6.07, 6.45) is 73.0. The third-order valence-electron chi connectivity index (χ3n) is 12.3. The third kappa shape index (κ3) is 56.6. The number of unbranched alkanes of at least 4 members (excludes halogenated alkanes) is 18. The fraction of sp³-hybridized carbons (Fsp3) is 0.652. The minimum Gasteiger partial charge on any atom is -0.462 e. The van der Waals surface area contributed by atoms with Gasteiger partial charge in [0.1, 0.15) is 12.7 Å². The topological polar surface area (TPSA) is 155 Å². The number of hydrogen-bond acceptors (Lipinski definition) is 10. The number of ether oxygens (including phenoxy) is 3. The first-order valence-corrected chi connectivity index (χ1v) is 31.9. The van der Waals surface area contributed by atoms with Gasteiger partial charge in [-0.15, -0.1) is 0 Å². The molecule has 0 saturated carbocycles. The van der Waals surface area contributed by atoms with Crippen molar-refractivity contribution in [2.75, 3.05) is 26.4 Å². The van der Waals surface area contributed by atoms with Crippen LogP contribution in [0.1, 0.15) is 239 Å². The number of esters is 3. The summed E-state index contributed by atoms with van der Waals surface area (Å²) in [7, 11) is -4.78. The van der Waals surface area contributed by atoms with Gasteiger partial charge < -0.3 is 24.2 Å². The van der Waals surface area contributed by atoms with E-state index in [0.29, 0.717) is 25.7 Å². The largest absolute Gasteiger partial charge is 0.472 e. The van der Waals surface area contributed by atoms with Crippen molar-refractivity contribution in [1.29, 1.82) is 0 Å². The van der Waals surface area contributed by atoms with E-state index in [1.165, 1.54) is 44.9 Å². The van der Waals surface area contributed by atoms with E-state index in [9.17, 15) is 28.9 Å². The smallest absolute Gasteiger partial charge is 0.462 e. The number of carbonyl (C=O) groups is 3. The average Bonchev–Trinajstić information content (AvgIpc) is 3.43. The number of aliphatic hydroxyl groups is 1. The second-order valence-electron chi connectivity index (χ2n) is 19.8. The lowest BCUT2D eigenvalue weighted by atomic mass is 10.1. The minimum absolute atomic E-state index is 0.134. The van der Waals surface area contributed by atoms with Crippen LogP contribution in [-0.4, -0.2) is 66.5 Å². The molecule has 444 valence electrons. The Labute approximate surface area is 475 Å². The minimum atomic E-state index is -4.78. The van der Waals surface area contributed by atoms with Crippen molar-refractivity contribution in [3.05, 3.63) is 122 Å². The normalized spacial score (nSPS) is 14.2. The van der Waals surface area contributed by atoms with Gasteiger partial charge in [0, 0.05) is 19.3 Å². The van der Waals surface area contributed by atoms with E-state index in [1.54, 1.807) is 0 Å². The van der Waals surface area contributed by atoms with E-state index >= 15 is 0 Å². The Morgan fingerprint density at radius 3 is 1.06 bits per heavy atom. The Hall–Kier alpha value is -4.12. The van der Waals surface area contributed by atoms with Crippen LogP contribution in [0.3, 0.4) is 0 Å². The number of phosphoric acid groups is 1. The molecule has 0 saturated heterocycles. The molecule has 0 aromatic heterocycles. The number of phosphoric ester groups is 1. The molecule has 0 aromatic rings. The van der Waals surface area contributed by atoms with Crippen molar-refractivity contribution in [3.8, 4) is 0 Å². The molecule has 0 bridgehead atoms. The molecule has 12 heteroatoms. The van der Waals surface area contributed by atoms with Crippen molar-refractivity contribution in [1.82, 2.24) is 0 Å². The van der Waals surface area contributed by atoms with Gasteiger partial charge in [0.2, 0.25) is 0 Å². The number of hydrogen-bond donors (Lipinski definition) is 2. The third-order valence-corrected chi connectivity index (χ3v) is 13.3. The van der Waals surface area contributed by atoms with Gasteiger partial charge in [-0.05, 0) is 128 Å². The first-order chi connectivity index (χ1) is 38.2. The van der Waals surface area contributed by atoms with Crippen LogP contribution in [0.2, 0.25) is 0 Å².